The minimum absolute atomic E-state index is 0.252. The summed E-state index contributed by atoms with van der Waals surface area (Å²) in [5, 5.41) is 9.95. The largest absolute Gasteiger partial charge is 0.311 e. The molecule has 12 heteroatoms. The van der Waals surface area contributed by atoms with Crippen molar-refractivity contribution in [2.24, 2.45) is 0 Å². The molecule has 0 spiro atoms. The van der Waals surface area contributed by atoms with Gasteiger partial charge in [-0.2, -0.15) is 0 Å². The third-order valence-corrected chi connectivity index (χ3v) is 28.7. The van der Waals surface area contributed by atoms with Gasteiger partial charge < -0.3 is 29.4 Å². The molecular formula is C102H62B2N6S4. The Morgan fingerprint density at radius 2 is 0.535 bits per heavy atom. The molecular weight excluding hydrogens is 1460 g/mol. The number of hydrogen-bond donors (Lipinski definition) is 0. The van der Waals surface area contributed by atoms with E-state index in [9.17, 15) is 0 Å². The van der Waals surface area contributed by atoms with E-state index in [-0.39, 0.29) is 13.4 Å². The molecule has 0 unspecified atom stereocenters. The van der Waals surface area contributed by atoms with Gasteiger partial charge in [-0.15, -0.1) is 45.3 Å². The van der Waals surface area contributed by atoms with Crippen LogP contribution in [0.15, 0.2) is 376 Å². The van der Waals surface area contributed by atoms with Crippen LogP contribution in [0, 0.1) is 0 Å². The highest BCUT2D eigenvalue weighted by Gasteiger charge is 2.50. The van der Waals surface area contributed by atoms with Crippen LogP contribution in [0.5, 0.6) is 0 Å². The Hall–Kier alpha value is -13.5. The number of para-hydroxylation sites is 6. The molecule has 4 aliphatic heterocycles. The SMILES string of the molecule is c1ccc(N(c2ccccc2)c2cc3c4c(c2)N(c2cccc5sc6ccccc6c25)c2cc5c(cc2B4c2ccccc2N3c2cccc3sc4ccccc4c23)B2c3ccccc3N(c3ccccc3)c3cc(N(c4ccccc4)c4cccc6c4sc4ccccc46)cc(c32)N5c2cccc3sc4ccccc4c23)cc1. The lowest BCUT2D eigenvalue weighted by Gasteiger charge is -2.48. The van der Waals surface area contributed by atoms with Crippen molar-refractivity contribution in [1.29, 1.82) is 0 Å². The molecule has 6 nitrogen and oxygen atoms in total. The van der Waals surface area contributed by atoms with E-state index in [1.54, 1.807) is 0 Å². The van der Waals surface area contributed by atoms with Gasteiger partial charge >= 0.3 is 0 Å². The number of hydrogen-bond acceptors (Lipinski definition) is 10. The van der Waals surface area contributed by atoms with Crippen LogP contribution in [0.2, 0.25) is 0 Å². The fraction of sp³-hybridized carbons (Fsp3) is 0. The Morgan fingerprint density at radius 3 is 1.01 bits per heavy atom. The van der Waals surface area contributed by atoms with E-state index in [1.807, 2.05) is 45.3 Å². The third kappa shape index (κ3) is 9.36. The zero-order valence-corrected chi connectivity index (χ0v) is 64.5. The average molecular weight is 1520 g/mol. The molecule has 0 aliphatic carbocycles. The molecule has 21 aromatic rings. The van der Waals surface area contributed by atoms with Gasteiger partial charge in [0.2, 0.25) is 0 Å². The summed E-state index contributed by atoms with van der Waals surface area (Å²) in [5.74, 6) is 0. The van der Waals surface area contributed by atoms with Crippen molar-refractivity contribution in [3.63, 3.8) is 0 Å². The minimum Gasteiger partial charge on any atom is -0.311 e. The highest BCUT2D eigenvalue weighted by molar-refractivity contribution is 7.27. The molecule has 0 amide bonds. The number of benzene rings is 17. The molecule has 0 N–H and O–H groups in total. The van der Waals surface area contributed by atoms with Gasteiger partial charge in [0, 0.05) is 144 Å². The molecule has 25 rings (SSSR count). The number of fused-ring (bicyclic) bond motifs is 20. The van der Waals surface area contributed by atoms with Crippen LogP contribution < -0.4 is 62.2 Å². The van der Waals surface area contributed by atoms with E-state index in [0.717, 1.165) is 102 Å². The van der Waals surface area contributed by atoms with Crippen LogP contribution in [0.4, 0.5) is 102 Å². The second kappa shape index (κ2) is 25.0. The van der Waals surface area contributed by atoms with Crippen molar-refractivity contribution in [2.45, 2.75) is 0 Å². The second-order valence-corrected chi connectivity index (χ2v) is 34.4. The molecule has 114 heavy (non-hydrogen) atoms. The fourth-order valence-corrected chi connectivity index (χ4v) is 24.2. The van der Waals surface area contributed by atoms with E-state index in [2.05, 4.69) is 406 Å². The van der Waals surface area contributed by atoms with Crippen LogP contribution in [-0.4, -0.2) is 13.4 Å². The standard InChI is InChI=1S/C102H62B2N6S4/c1-5-29-63(30-6-1)105(64-31-7-2-8-32-64)67-57-87-101-88(58-67)109(81-47-27-55-95-98(81)72-39-15-23-52-92(72)112-95)85-62-84-76(61-77(85)104(101)75-43-18-20-45-79(75)108(87)80-46-26-54-94-97(80)71-38-14-22-51-91(71)111-94)103-74-42-17-19-44-78(74)107(66-35-11-4-12-36-66)86-59-68(60-89(100(86)103)110(84)82-48-28-56-96-99(82)73-40-16-24-53-93(73)113-96)106(65-33-9-3-10-34-65)83-49-25-41-70-69-37-13-21-50-90(69)114-102(70)83/h1-62H. The second-order valence-electron chi connectivity index (χ2n) is 30.1. The van der Waals surface area contributed by atoms with Crippen LogP contribution in [-0.2, 0) is 0 Å². The molecule has 0 bridgehead atoms. The molecule has 0 saturated heterocycles. The highest BCUT2D eigenvalue weighted by atomic mass is 32.1. The predicted molar refractivity (Wildman–Crippen MR) is 495 cm³/mol. The van der Waals surface area contributed by atoms with Gasteiger partial charge in [0.1, 0.15) is 0 Å². The first-order valence-corrected chi connectivity index (χ1v) is 42.2. The number of rotatable bonds is 10. The smallest absolute Gasteiger partial charge is 0.252 e. The highest BCUT2D eigenvalue weighted by Crippen LogP contribution is 2.57. The maximum Gasteiger partial charge on any atom is 0.252 e. The number of nitrogens with zero attached hydrogens (tertiary/aromatic N) is 6. The first-order valence-electron chi connectivity index (χ1n) is 38.9. The Kier molecular flexibility index (Phi) is 14.1. The van der Waals surface area contributed by atoms with E-state index < -0.39 is 0 Å². The summed E-state index contributed by atoms with van der Waals surface area (Å²) in [6.07, 6.45) is 0. The fourth-order valence-electron chi connectivity index (χ4n) is 19.6. The average Bonchev–Trinajstić information content (AvgIpc) is 0.701. The molecule has 4 aromatic heterocycles. The lowest BCUT2D eigenvalue weighted by Crippen LogP contribution is -2.65. The lowest BCUT2D eigenvalue weighted by atomic mass is 9.30. The maximum absolute atomic E-state index is 2.72. The monoisotopic (exact) mass is 1520 g/mol. The molecule has 0 radical (unpaired) electrons. The molecule has 0 saturated carbocycles. The Morgan fingerprint density at radius 1 is 0.202 bits per heavy atom. The summed E-state index contributed by atoms with van der Waals surface area (Å²) in [4.78, 5) is 15.7. The molecule has 0 atom stereocenters. The third-order valence-electron chi connectivity index (χ3n) is 24.1. The molecule has 4 aliphatic rings. The van der Waals surface area contributed by atoms with Crippen molar-refractivity contribution in [2.75, 3.05) is 29.4 Å². The van der Waals surface area contributed by atoms with Crippen LogP contribution in [0.1, 0.15) is 0 Å². The van der Waals surface area contributed by atoms with Gasteiger partial charge in [0.05, 0.1) is 38.8 Å². The quantitative estimate of drug-likeness (QED) is 0.126. The summed E-state index contributed by atoms with van der Waals surface area (Å²) in [6, 6.07) is 143. The van der Waals surface area contributed by atoms with Gasteiger partial charge in [0.15, 0.2) is 0 Å². The van der Waals surface area contributed by atoms with Gasteiger partial charge in [-0.1, -0.05) is 218 Å². The predicted octanol–water partition coefficient (Wildman–Crippen LogP) is 26.3. The van der Waals surface area contributed by atoms with Gasteiger partial charge in [0.25, 0.3) is 13.4 Å². The zero-order chi connectivity index (χ0) is 74.4. The van der Waals surface area contributed by atoms with Crippen molar-refractivity contribution >= 4 is 275 Å². The van der Waals surface area contributed by atoms with Crippen molar-refractivity contribution in [3.05, 3.63) is 376 Å². The first kappa shape index (κ1) is 64.2. The molecule has 0 fully saturated rings. The number of thiophene rings is 4. The Labute approximate surface area is 674 Å². The summed E-state index contributed by atoms with van der Waals surface area (Å²) in [6.45, 7) is -0.513. The number of anilines is 18. The van der Waals surface area contributed by atoms with E-state index in [1.165, 1.54) is 113 Å². The van der Waals surface area contributed by atoms with Crippen LogP contribution in [0.3, 0.4) is 0 Å². The maximum atomic E-state index is 2.72. The van der Waals surface area contributed by atoms with Gasteiger partial charge in [-0.3, -0.25) is 0 Å². The van der Waals surface area contributed by atoms with Crippen LogP contribution >= 0.6 is 45.3 Å². The van der Waals surface area contributed by atoms with Crippen molar-refractivity contribution in [3.8, 4) is 0 Å². The van der Waals surface area contributed by atoms with Gasteiger partial charge in [-0.25, -0.2) is 0 Å². The molecule has 530 valence electrons. The van der Waals surface area contributed by atoms with Crippen LogP contribution in [0.25, 0.3) is 80.7 Å². The lowest BCUT2D eigenvalue weighted by molar-refractivity contribution is 1.22. The van der Waals surface area contributed by atoms with Crippen molar-refractivity contribution < 1.29 is 0 Å². The zero-order valence-electron chi connectivity index (χ0n) is 61.3. The normalized spacial score (nSPS) is 13.2. The first-order chi connectivity index (χ1) is 56.6. The Balaban J connectivity index is 0.847. The summed E-state index contributed by atoms with van der Waals surface area (Å²) in [7, 11) is 0. The topological polar surface area (TPSA) is 19.4 Å². The Bertz CT molecular complexity index is 7550. The molecule has 8 heterocycles. The van der Waals surface area contributed by atoms with E-state index in [0.29, 0.717) is 0 Å². The minimum atomic E-state index is -0.261. The van der Waals surface area contributed by atoms with Crippen molar-refractivity contribution in [1.82, 2.24) is 0 Å². The summed E-state index contributed by atoms with van der Waals surface area (Å²) < 4.78 is 10.0. The molecule has 17 aromatic carbocycles. The summed E-state index contributed by atoms with van der Waals surface area (Å²) in [5.41, 5.74) is 27.5. The van der Waals surface area contributed by atoms with Gasteiger partial charge in [-0.05, 0) is 191 Å². The van der Waals surface area contributed by atoms with E-state index >= 15 is 0 Å². The van der Waals surface area contributed by atoms with E-state index in [4.69, 9.17) is 0 Å². The summed E-state index contributed by atoms with van der Waals surface area (Å²) >= 11 is 7.51.